The average Bonchev–Trinajstić information content (AvgIpc) is 2.88. The van der Waals surface area contributed by atoms with E-state index in [2.05, 4.69) is 20.8 Å². The minimum absolute atomic E-state index is 0.0623. The zero-order valence-electron chi connectivity index (χ0n) is 17.7. The van der Waals surface area contributed by atoms with Crippen LogP contribution in [0.15, 0.2) is 78.0 Å². The number of hydrogen-bond donors (Lipinski definition) is 1. The summed E-state index contributed by atoms with van der Waals surface area (Å²) in [5.74, 6) is -0.0623. The molecule has 1 aliphatic heterocycles. The first-order valence-electron chi connectivity index (χ1n) is 10.6. The number of amides is 1. The fraction of sp³-hybridized carbons (Fsp3) is 0.160. The fourth-order valence-corrected chi connectivity index (χ4v) is 4.53. The summed E-state index contributed by atoms with van der Waals surface area (Å²) < 4.78 is 8.64. The van der Waals surface area contributed by atoms with E-state index in [0.717, 1.165) is 32.6 Å². The van der Waals surface area contributed by atoms with Crippen molar-refractivity contribution in [1.82, 2.24) is 14.9 Å². The first-order valence-corrected chi connectivity index (χ1v) is 11.8. The van der Waals surface area contributed by atoms with Gasteiger partial charge in [0, 0.05) is 47.0 Å². The van der Waals surface area contributed by atoms with Gasteiger partial charge in [0.15, 0.2) is 0 Å². The van der Waals surface area contributed by atoms with E-state index < -0.39 is 0 Å². The Morgan fingerprint density at radius 1 is 1.03 bits per heavy atom. The number of nitrogens with zero attached hydrogens (tertiary/aromatic N) is 3. The van der Waals surface area contributed by atoms with E-state index in [4.69, 9.17) is 16.3 Å². The molecule has 0 aliphatic carbocycles. The number of halogens is 1. The van der Waals surface area contributed by atoms with Crippen LogP contribution in [0.2, 0.25) is 5.02 Å². The molecule has 1 aliphatic rings. The van der Waals surface area contributed by atoms with E-state index in [1.807, 2.05) is 48.5 Å². The van der Waals surface area contributed by atoms with Gasteiger partial charge in [0.05, 0.1) is 23.9 Å². The van der Waals surface area contributed by atoms with Gasteiger partial charge in [-0.25, -0.2) is 4.98 Å². The number of benzene rings is 2. The Balaban J connectivity index is 1.31. The molecule has 0 saturated carbocycles. The highest BCUT2D eigenvalue weighted by Crippen LogP contribution is 2.34. The molecule has 4 aromatic rings. The van der Waals surface area contributed by atoms with Crippen LogP contribution in [-0.2, 0) is 4.74 Å². The van der Waals surface area contributed by atoms with Crippen molar-refractivity contribution in [2.45, 2.75) is 4.90 Å². The molecule has 0 bridgehead atoms. The van der Waals surface area contributed by atoms with Crippen LogP contribution >= 0.6 is 23.5 Å². The maximum absolute atomic E-state index is 12.6. The van der Waals surface area contributed by atoms with E-state index in [9.17, 15) is 4.79 Å². The molecule has 1 fully saturated rings. The maximum Gasteiger partial charge on any atom is 0.272 e. The lowest BCUT2D eigenvalue weighted by atomic mass is 10.0. The topological polar surface area (TPSA) is 67.4 Å². The summed E-state index contributed by atoms with van der Waals surface area (Å²) in [5.41, 5.74) is 3.04. The number of hydrogen-bond acceptors (Lipinski definition) is 6. The Morgan fingerprint density at radius 3 is 2.70 bits per heavy atom. The Morgan fingerprint density at radius 2 is 1.88 bits per heavy atom. The third-order valence-electron chi connectivity index (χ3n) is 5.44. The minimum Gasteiger partial charge on any atom is -0.378 e. The molecule has 5 rings (SSSR count). The Kier molecular flexibility index (Phi) is 6.44. The molecule has 2 aromatic carbocycles. The summed E-state index contributed by atoms with van der Waals surface area (Å²) in [4.78, 5) is 24.2. The number of rotatable bonds is 5. The second kappa shape index (κ2) is 9.79. The maximum atomic E-state index is 12.6. The van der Waals surface area contributed by atoms with Gasteiger partial charge in [-0.3, -0.25) is 9.78 Å². The molecule has 0 radical (unpaired) electrons. The lowest BCUT2D eigenvalue weighted by Crippen LogP contribution is -2.41. The first-order chi connectivity index (χ1) is 16.2. The van der Waals surface area contributed by atoms with Crippen molar-refractivity contribution in [2.75, 3.05) is 31.0 Å². The predicted octanol–water partition coefficient (Wildman–Crippen LogP) is 5.54. The molecule has 0 atom stereocenters. The number of pyridine rings is 2. The molecule has 0 spiro atoms. The molecule has 33 heavy (non-hydrogen) atoms. The summed E-state index contributed by atoms with van der Waals surface area (Å²) in [6.45, 7) is 2.34. The monoisotopic (exact) mass is 476 g/mol. The largest absolute Gasteiger partial charge is 0.378 e. The highest BCUT2D eigenvalue weighted by atomic mass is 35.5. The number of ether oxygens (including phenoxy) is 1. The standard InChI is InChI=1S/C25H21ClN4O2S/c26-22-7-5-18(15-21(22)24-20-4-2-1-3-17(20)9-10-27-24)29-33-19-6-8-23(28-16-19)25(31)30-11-13-32-14-12-30/h1-10,15-16,29H,11-14H2. The van der Waals surface area contributed by atoms with Crippen LogP contribution in [-0.4, -0.2) is 47.1 Å². The number of aromatic nitrogens is 2. The van der Waals surface area contributed by atoms with Gasteiger partial charge in [-0.2, -0.15) is 0 Å². The van der Waals surface area contributed by atoms with Crippen molar-refractivity contribution >= 4 is 45.9 Å². The highest BCUT2D eigenvalue weighted by Gasteiger charge is 2.19. The third-order valence-corrected chi connectivity index (χ3v) is 6.58. The summed E-state index contributed by atoms with van der Waals surface area (Å²) in [5, 5.41) is 2.81. The van der Waals surface area contributed by atoms with E-state index in [-0.39, 0.29) is 5.91 Å². The number of anilines is 1. The van der Waals surface area contributed by atoms with Crippen molar-refractivity contribution in [2.24, 2.45) is 0 Å². The Labute approximate surface area is 201 Å². The van der Waals surface area contributed by atoms with Gasteiger partial charge in [-0.05, 0) is 53.7 Å². The zero-order valence-corrected chi connectivity index (χ0v) is 19.3. The molecule has 3 heterocycles. The fourth-order valence-electron chi connectivity index (χ4n) is 3.72. The SMILES string of the molecule is O=C(c1ccc(SNc2ccc(Cl)c(-c3nccc4ccccc34)c2)cn1)N1CCOCC1. The molecule has 1 saturated heterocycles. The molecular weight excluding hydrogens is 456 g/mol. The molecule has 166 valence electrons. The number of fused-ring (bicyclic) bond motifs is 1. The van der Waals surface area contributed by atoms with Gasteiger partial charge >= 0.3 is 0 Å². The molecule has 8 heteroatoms. The van der Waals surface area contributed by atoms with Crippen LogP contribution in [0.25, 0.3) is 22.0 Å². The van der Waals surface area contributed by atoms with Crippen LogP contribution in [0.3, 0.4) is 0 Å². The van der Waals surface area contributed by atoms with Crippen molar-refractivity contribution in [3.05, 3.63) is 83.8 Å². The van der Waals surface area contributed by atoms with Crippen molar-refractivity contribution < 1.29 is 9.53 Å². The van der Waals surface area contributed by atoms with Crippen molar-refractivity contribution in [1.29, 1.82) is 0 Å². The van der Waals surface area contributed by atoms with Gasteiger partial charge in [0.1, 0.15) is 5.69 Å². The molecule has 0 unspecified atom stereocenters. The molecule has 2 aromatic heterocycles. The Bertz CT molecular complexity index is 1290. The second-order valence-corrected chi connectivity index (χ2v) is 8.85. The van der Waals surface area contributed by atoms with Crippen molar-refractivity contribution in [3.63, 3.8) is 0 Å². The Hall–Kier alpha value is -3.13. The van der Waals surface area contributed by atoms with E-state index in [1.165, 1.54) is 11.9 Å². The van der Waals surface area contributed by atoms with Gasteiger partial charge in [0.2, 0.25) is 0 Å². The minimum atomic E-state index is -0.0623. The van der Waals surface area contributed by atoms with Crippen LogP contribution in [0.1, 0.15) is 10.5 Å². The van der Waals surface area contributed by atoms with E-state index in [1.54, 1.807) is 23.4 Å². The quantitative estimate of drug-likeness (QED) is 0.381. The smallest absolute Gasteiger partial charge is 0.272 e. The van der Waals surface area contributed by atoms with E-state index >= 15 is 0 Å². The van der Waals surface area contributed by atoms with Gasteiger partial charge < -0.3 is 14.4 Å². The summed E-state index contributed by atoms with van der Waals surface area (Å²) >= 11 is 7.95. The van der Waals surface area contributed by atoms with E-state index in [0.29, 0.717) is 37.0 Å². The van der Waals surface area contributed by atoms with Crippen molar-refractivity contribution in [3.8, 4) is 11.3 Å². The third kappa shape index (κ3) is 4.80. The predicted molar refractivity (Wildman–Crippen MR) is 133 cm³/mol. The number of carbonyl (C=O) groups excluding carboxylic acids is 1. The molecule has 6 nitrogen and oxygen atoms in total. The second-order valence-electron chi connectivity index (χ2n) is 7.56. The highest BCUT2D eigenvalue weighted by molar-refractivity contribution is 8.00. The van der Waals surface area contributed by atoms with Crippen LogP contribution in [0, 0.1) is 0 Å². The molecular formula is C25H21ClN4O2S. The molecule has 1 N–H and O–H groups in total. The van der Waals surface area contributed by atoms with Crippen LogP contribution < -0.4 is 4.72 Å². The van der Waals surface area contributed by atoms with Gasteiger partial charge in [0.25, 0.3) is 5.91 Å². The van der Waals surface area contributed by atoms with Crippen LogP contribution in [0.5, 0.6) is 0 Å². The number of morpholine rings is 1. The number of carbonyl (C=O) groups is 1. The zero-order chi connectivity index (χ0) is 22.6. The summed E-state index contributed by atoms with van der Waals surface area (Å²) in [7, 11) is 0. The number of nitrogens with one attached hydrogen (secondary N) is 1. The molecule has 1 amide bonds. The van der Waals surface area contributed by atoms with Gasteiger partial charge in [-0.1, -0.05) is 35.9 Å². The normalized spacial score (nSPS) is 13.8. The lowest BCUT2D eigenvalue weighted by Gasteiger charge is -2.26. The van der Waals surface area contributed by atoms with Gasteiger partial charge in [-0.15, -0.1) is 0 Å². The average molecular weight is 477 g/mol. The first kappa shape index (κ1) is 21.7. The lowest BCUT2D eigenvalue weighted by molar-refractivity contribution is 0.0299. The summed E-state index contributed by atoms with van der Waals surface area (Å²) in [6.07, 6.45) is 3.50. The summed E-state index contributed by atoms with van der Waals surface area (Å²) in [6, 6.07) is 19.5. The van der Waals surface area contributed by atoms with Crippen LogP contribution in [0.4, 0.5) is 5.69 Å².